The van der Waals surface area contributed by atoms with Crippen LogP contribution >= 0.6 is 0 Å². The highest BCUT2D eigenvalue weighted by Crippen LogP contribution is 2.36. The molecular weight excluding hydrogens is 388 g/mol. The first kappa shape index (κ1) is 21.2. The molecule has 1 fully saturated rings. The van der Waals surface area contributed by atoms with Crippen molar-refractivity contribution in [1.82, 2.24) is 9.80 Å². The van der Waals surface area contributed by atoms with Crippen molar-refractivity contribution in [3.8, 4) is 5.75 Å². The van der Waals surface area contributed by atoms with Gasteiger partial charge >= 0.3 is 0 Å². The molecule has 2 amide bonds. The molecule has 2 aromatic rings. The van der Waals surface area contributed by atoms with Crippen LogP contribution in [0.25, 0.3) is 6.08 Å². The summed E-state index contributed by atoms with van der Waals surface area (Å²) in [7, 11) is 1.66. The quantitative estimate of drug-likeness (QED) is 0.694. The third-order valence-electron chi connectivity index (χ3n) is 6.41. The van der Waals surface area contributed by atoms with Gasteiger partial charge in [-0.1, -0.05) is 49.2 Å². The fraction of sp³-hybridized carbons (Fsp3) is 0.385. The lowest BCUT2D eigenvalue weighted by molar-refractivity contribution is -0.136. The number of amides is 2. The van der Waals surface area contributed by atoms with Crippen LogP contribution in [0.4, 0.5) is 0 Å². The van der Waals surface area contributed by atoms with Crippen molar-refractivity contribution in [2.45, 2.75) is 51.1 Å². The van der Waals surface area contributed by atoms with Gasteiger partial charge in [-0.3, -0.25) is 9.59 Å². The summed E-state index contributed by atoms with van der Waals surface area (Å²) >= 11 is 0. The van der Waals surface area contributed by atoms with E-state index < -0.39 is 0 Å². The van der Waals surface area contributed by atoms with Crippen LogP contribution < -0.4 is 4.74 Å². The zero-order valence-electron chi connectivity index (χ0n) is 18.3. The van der Waals surface area contributed by atoms with Crippen molar-refractivity contribution in [2.24, 2.45) is 0 Å². The summed E-state index contributed by atoms with van der Waals surface area (Å²) in [6.07, 6.45) is 8.25. The number of likely N-dealkylation sites (tertiary alicyclic amines) is 1. The van der Waals surface area contributed by atoms with Gasteiger partial charge in [-0.2, -0.15) is 0 Å². The first-order valence-corrected chi connectivity index (χ1v) is 11.1. The predicted molar refractivity (Wildman–Crippen MR) is 121 cm³/mol. The van der Waals surface area contributed by atoms with Crippen molar-refractivity contribution in [3.05, 3.63) is 71.4 Å². The Hall–Kier alpha value is -3.08. The van der Waals surface area contributed by atoms with Gasteiger partial charge in [0, 0.05) is 19.7 Å². The van der Waals surface area contributed by atoms with E-state index in [1.165, 1.54) is 0 Å². The van der Waals surface area contributed by atoms with Gasteiger partial charge in [0.1, 0.15) is 5.75 Å². The molecule has 0 saturated carbocycles. The highest BCUT2D eigenvalue weighted by atomic mass is 16.5. The summed E-state index contributed by atoms with van der Waals surface area (Å²) in [5.41, 5.74) is 3.24. The zero-order valence-corrected chi connectivity index (χ0v) is 18.3. The Morgan fingerprint density at radius 3 is 2.55 bits per heavy atom. The number of nitrogens with zero attached hydrogens (tertiary/aromatic N) is 2. The van der Waals surface area contributed by atoms with E-state index in [1.54, 1.807) is 18.9 Å². The molecule has 0 spiro atoms. The Labute approximate surface area is 184 Å². The molecule has 0 aliphatic carbocycles. The number of hydrogen-bond acceptors (Lipinski definition) is 3. The molecule has 31 heavy (non-hydrogen) atoms. The van der Waals surface area contributed by atoms with Gasteiger partial charge < -0.3 is 14.5 Å². The normalized spacial score (nSPS) is 20.7. The number of carbonyl (C=O) groups excluding carboxylic acids is 2. The minimum atomic E-state index is -0.272. The second kappa shape index (κ2) is 9.38. The molecule has 0 bridgehead atoms. The number of rotatable bonds is 4. The number of ether oxygens (including phenoxy) is 1. The van der Waals surface area contributed by atoms with Crippen LogP contribution in [0.2, 0.25) is 0 Å². The first-order valence-electron chi connectivity index (χ1n) is 11.1. The topological polar surface area (TPSA) is 49.9 Å². The van der Waals surface area contributed by atoms with E-state index in [0.717, 1.165) is 54.7 Å². The van der Waals surface area contributed by atoms with E-state index in [0.29, 0.717) is 0 Å². The summed E-state index contributed by atoms with van der Waals surface area (Å²) in [5.74, 6) is 0.869. The largest absolute Gasteiger partial charge is 0.497 e. The monoisotopic (exact) mass is 418 g/mol. The molecule has 0 N–H and O–H groups in total. The van der Waals surface area contributed by atoms with E-state index in [1.807, 2.05) is 53.6 Å². The Kier molecular flexibility index (Phi) is 6.40. The Morgan fingerprint density at radius 2 is 1.81 bits per heavy atom. The van der Waals surface area contributed by atoms with Gasteiger partial charge in [-0.05, 0) is 47.7 Å². The minimum Gasteiger partial charge on any atom is -0.497 e. The third kappa shape index (κ3) is 4.50. The van der Waals surface area contributed by atoms with Crippen LogP contribution in [-0.2, 0) is 9.59 Å². The van der Waals surface area contributed by atoms with E-state index in [9.17, 15) is 9.59 Å². The average Bonchev–Trinajstić information content (AvgIpc) is 3.05. The summed E-state index contributed by atoms with van der Waals surface area (Å²) in [6, 6.07) is 15.9. The van der Waals surface area contributed by atoms with Crippen molar-refractivity contribution in [1.29, 1.82) is 0 Å². The molecule has 5 heteroatoms. The van der Waals surface area contributed by atoms with Crippen molar-refractivity contribution in [2.75, 3.05) is 13.7 Å². The molecule has 2 aliphatic rings. The SMILES string of the molecule is COc1ccc([C@H]2CCCCCN2C(=O)C[C@@H]2c3ccccc3C=CN2C(C)=O)cc1. The van der Waals surface area contributed by atoms with E-state index in [4.69, 9.17) is 4.74 Å². The third-order valence-corrected chi connectivity index (χ3v) is 6.41. The van der Waals surface area contributed by atoms with Gasteiger partial charge in [0.25, 0.3) is 0 Å². The minimum absolute atomic E-state index is 0.0499. The van der Waals surface area contributed by atoms with Crippen LogP contribution in [0, 0.1) is 0 Å². The maximum absolute atomic E-state index is 13.6. The fourth-order valence-corrected chi connectivity index (χ4v) is 4.78. The van der Waals surface area contributed by atoms with Gasteiger partial charge in [-0.15, -0.1) is 0 Å². The Balaban J connectivity index is 1.61. The number of benzene rings is 2. The standard InChI is InChI=1S/C26H30N2O3/c1-19(29)27-17-15-20-8-5-6-9-23(20)25(27)18-26(30)28-16-7-3-4-10-24(28)21-11-13-22(31-2)14-12-21/h5-6,8-9,11-15,17,24-25H,3-4,7,10,16,18H2,1-2H3/t24-,25-/m1/s1. The molecule has 2 aliphatic heterocycles. The molecule has 2 heterocycles. The highest BCUT2D eigenvalue weighted by Gasteiger charge is 2.33. The van der Waals surface area contributed by atoms with Gasteiger partial charge in [-0.25, -0.2) is 0 Å². The molecule has 4 rings (SSSR count). The molecule has 0 radical (unpaired) electrons. The summed E-state index contributed by atoms with van der Waals surface area (Å²) in [6.45, 7) is 2.31. The number of fused-ring (bicyclic) bond motifs is 1. The zero-order chi connectivity index (χ0) is 21.8. The van der Waals surface area contributed by atoms with E-state index in [2.05, 4.69) is 12.1 Å². The lowest BCUT2D eigenvalue weighted by Gasteiger charge is -2.36. The Bertz CT molecular complexity index is 967. The smallest absolute Gasteiger partial charge is 0.225 e. The van der Waals surface area contributed by atoms with E-state index in [-0.39, 0.29) is 30.3 Å². The molecule has 0 aromatic heterocycles. The molecule has 0 unspecified atom stereocenters. The molecule has 162 valence electrons. The number of hydrogen-bond donors (Lipinski definition) is 0. The summed E-state index contributed by atoms with van der Waals surface area (Å²) in [4.78, 5) is 29.7. The number of methoxy groups -OCH3 is 1. The van der Waals surface area contributed by atoms with Gasteiger partial charge in [0.05, 0.1) is 25.6 Å². The maximum Gasteiger partial charge on any atom is 0.225 e. The molecule has 1 saturated heterocycles. The Morgan fingerprint density at radius 1 is 1.03 bits per heavy atom. The fourth-order valence-electron chi connectivity index (χ4n) is 4.78. The second-order valence-corrected chi connectivity index (χ2v) is 8.32. The lowest BCUT2D eigenvalue weighted by Crippen LogP contribution is -2.39. The molecule has 5 nitrogen and oxygen atoms in total. The number of carbonyl (C=O) groups is 2. The summed E-state index contributed by atoms with van der Waals surface area (Å²) in [5, 5.41) is 0. The van der Waals surface area contributed by atoms with Gasteiger partial charge in [0.15, 0.2) is 0 Å². The molecule has 2 atom stereocenters. The highest BCUT2D eigenvalue weighted by molar-refractivity contribution is 5.82. The molecular formula is C26H30N2O3. The van der Waals surface area contributed by atoms with Crippen molar-refractivity contribution in [3.63, 3.8) is 0 Å². The van der Waals surface area contributed by atoms with Crippen LogP contribution in [-0.4, -0.2) is 35.3 Å². The maximum atomic E-state index is 13.6. The van der Waals surface area contributed by atoms with Crippen molar-refractivity contribution >= 4 is 17.9 Å². The second-order valence-electron chi connectivity index (χ2n) is 8.32. The van der Waals surface area contributed by atoms with Crippen LogP contribution in [0.3, 0.4) is 0 Å². The van der Waals surface area contributed by atoms with Crippen LogP contribution in [0.5, 0.6) is 5.75 Å². The average molecular weight is 419 g/mol. The van der Waals surface area contributed by atoms with Crippen molar-refractivity contribution < 1.29 is 14.3 Å². The lowest BCUT2D eigenvalue weighted by atomic mass is 9.92. The first-order chi connectivity index (χ1) is 15.1. The van der Waals surface area contributed by atoms with Crippen LogP contribution in [0.1, 0.15) is 67.8 Å². The summed E-state index contributed by atoms with van der Waals surface area (Å²) < 4.78 is 5.30. The van der Waals surface area contributed by atoms with E-state index >= 15 is 0 Å². The van der Waals surface area contributed by atoms with Crippen LogP contribution in [0.15, 0.2) is 54.7 Å². The molecule has 2 aromatic carbocycles. The van der Waals surface area contributed by atoms with Gasteiger partial charge in [0.2, 0.25) is 11.8 Å². The predicted octanol–water partition coefficient (Wildman–Crippen LogP) is 5.10.